The van der Waals surface area contributed by atoms with Crippen molar-refractivity contribution in [3.8, 4) is 5.75 Å². The lowest BCUT2D eigenvalue weighted by molar-refractivity contribution is -0.138. The molecule has 7 nitrogen and oxygen atoms in total. The molecule has 24 heavy (non-hydrogen) atoms. The van der Waals surface area contributed by atoms with E-state index in [2.05, 4.69) is 10.6 Å². The van der Waals surface area contributed by atoms with Crippen LogP contribution in [0.2, 0.25) is 0 Å². The number of carbonyl (C=O) groups is 3. The molecule has 1 heterocycles. The average Bonchev–Trinajstić information content (AvgIpc) is 3.28. The van der Waals surface area contributed by atoms with Crippen LogP contribution in [0.4, 0.5) is 5.69 Å². The number of imide groups is 1. The van der Waals surface area contributed by atoms with Gasteiger partial charge in [0.15, 0.2) is 0 Å². The molecule has 3 amide bonds. The minimum atomic E-state index is -0.342. The van der Waals surface area contributed by atoms with E-state index < -0.39 is 0 Å². The van der Waals surface area contributed by atoms with Crippen molar-refractivity contribution in [3.63, 3.8) is 0 Å². The molecular weight excluding hydrogens is 310 g/mol. The molecule has 1 aliphatic carbocycles. The first kappa shape index (κ1) is 16.0. The normalized spacial score (nSPS) is 16.7. The SMILES string of the molecule is COc1ccc(NC2=CC(=O)N(C(C)=O)C2)cc1C(=O)NC1CC1. The lowest BCUT2D eigenvalue weighted by atomic mass is 10.1. The first-order valence-corrected chi connectivity index (χ1v) is 7.76. The molecule has 1 fully saturated rings. The number of nitrogens with one attached hydrogen (secondary N) is 2. The van der Waals surface area contributed by atoms with Crippen molar-refractivity contribution in [2.75, 3.05) is 19.0 Å². The van der Waals surface area contributed by atoms with Crippen molar-refractivity contribution in [1.29, 1.82) is 0 Å². The number of nitrogens with zero attached hydrogens (tertiary/aromatic N) is 1. The molecule has 3 rings (SSSR count). The molecule has 0 spiro atoms. The summed E-state index contributed by atoms with van der Waals surface area (Å²) in [6.07, 6.45) is 3.39. The van der Waals surface area contributed by atoms with E-state index in [0.29, 0.717) is 22.7 Å². The molecule has 1 aromatic rings. The maximum absolute atomic E-state index is 12.3. The van der Waals surface area contributed by atoms with Gasteiger partial charge < -0.3 is 15.4 Å². The predicted molar refractivity (Wildman–Crippen MR) is 87.6 cm³/mol. The average molecular weight is 329 g/mol. The standard InChI is InChI=1S/C17H19N3O4/c1-10(21)20-9-13(8-16(20)22)18-12-5-6-15(24-2)14(7-12)17(23)19-11-3-4-11/h5-8,11,18H,3-4,9H2,1-2H3,(H,19,23). The molecule has 2 aliphatic rings. The maximum atomic E-state index is 12.3. The van der Waals surface area contributed by atoms with Crippen LogP contribution >= 0.6 is 0 Å². The van der Waals surface area contributed by atoms with E-state index in [1.807, 2.05) is 0 Å². The van der Waals surface area contributed by atoms with Gasteiger partial charge in [-0.2, -0.15) is 0 Å². The third kappa shape index (κ3) is 3.40. The van der Waals surface area contributed by atoms with Crippen LogP contribution in [-0.2, 0) is 9.59 Å². The van der Waals surface area contributed by atoms with E-state index in [4.69, 9.17) is 4.74 Å². The quantitative estimate of drug-likeness (QED) is 0.849. The van der Waals surface area contributed by atoms with Gasteiger partial charge in [-0.15, -0.1) is 0 Å². The second kappa shape index (κ2) is 6.35. The molecule has 0 atom stereocenters. The summed E-state index contributed by atoms with van der Waals surface area (Å²) in [5, 5.41) is 6.01. The lowest BCUT2D eigenvalue weighted by Gasteiger charge is -2.14. The van der Waals surface area contributed by atoms with Gasteiger partial charge >= 0.3 is 0 Å². The fourth-order valence-corrected chi connectivity index (χ4v) is 2.50. The number of methoxy groups -OCH3 is 1. The minimum absolute atomic E-state index is 0.181. The van der Waals surface area contributed by atoms with Gasteiger partial charge in [-0.25, -0.2) is 0 Å². The van der Waals surface area contributed by atoms with Crippen molar-refractivity contribution in [3.05, 3.63) is 35.5 Å². The van der Waals surface area contributed by atoms with Gasteiger partial charge in [0.2, 0.25) is 5.91 Å². The number of carbonyl (C=O) groups excluding carboxylic acids is 3. The number of hydrogen-bond acceptors (Lipinski definition) is 5. The Balaban J connectivity index is 1.76. The van der Waals surface area contributed by atoms with E-state index in [9.17, 15) is 14.4 Å². The fourth-order valence-electron chi connectivity index (χ4n) is 2.50. The third-order valence-corrected chi connectivity index (χ3v) is 3.93. The van der Waals surface area contributed by atoms with Crippen LogP contribution in [0.3, 0.4) is 0 Å². The van der Waals surface area contributed by atoms with Crippen molar-refractivity contribution in [2.45, 2.75) is 25.8 Å². The van der Waals surface area contributed by atoms with Crippen LogP contribution < -0.4 is 15.4 Å². The smallest absolute Gasteiger partial charge is 0.255 e. The van der Waals surface area contributed by atoms with Crippen LogP contribution in [0.1, 0.15) is 30.1 Å². The zero-order valence-electron chi connectivity index (χ0n) is 13.6. The summed E-state index contributed by atoms with van der Waals surface area (Å²) < 4.78 is 5.25. The number of amides is 3. The Labute approximate surface area is 139 Å². The Kier molecular flexibility index (Phi) is 4.24. The van der Waals surface area contributed by atoms with Gasteiger partial charge in [0.25, 0.3) is 11.8 Å². The minimum Gasteiger partial charge on any atom is -0.496 e. The Hall–Kier alpha value is -2.83. The van der Waals surface area contributed by atoms with E-state index in [-0.39, 0.29) is 30.3 Å². The molecule has 0 bridgehead atoms. The van der Waals surface area contributed by atoms with Gasteiger partial charge in [-0.05, 0) is 31.0 Å². The topological polar surface area (TPSA) is 87.7 Å². The van der Waals surface area contributed by atoms with Crippen LogP contribution in [0.25, 0.3) is 0 Å². The highest BCUT2D eigenvalue weighted by atomic mass is 16.5. The first-order valence-electron chi connectivity index (χ1n) is 7.76. The van der Waals surface area contributed by atoms with Gasteiger partial charge in [0.1, 0.15) is 5.75 Å². The highest BCUT2D eigenvalue weighted by molar-refractivity contribution is 6.03. The molecule has 0 saturated heterocycles. The summed E-state index contributed by atoms with van der Waals surface area (Å²) in [5.41, 5.74) is 1.69. The predicted octanol–water partition coefficient (Wildman–Crippen LogP) is 1.27. The zero-order chi connectivity index (χ0) is 17.3. The summed E-state index contributed by atoms with van der Waals surface area (Å²) in [5.74, 6) is -0.335. The van der Waals surface area contributed by atoms with E-state index in [1.54, 1.807) is 18.2 Å². The van der Waals surface area contributed by atoms with Crippen molar-refractivity contribution in [1.82, 2.24) is 10.2 Å². The Morgan fingerprint density at radius 3 is 2.62 bits per heavy atom. The molecule has 7 heteroatoms. The summed E-state index contributed by atoms with van der Waals surface area (Å²) in [6.45, 7) is 1.55. The molecule has 1 aromatic carbocycles. The van der Waals surface area contributed by atoms with Crippen molar-refractivity contribution < 1.29 is 19.1 Å². The number of rotatable bonds is 5. The van der Waals surface area contributed by atoms with Gasteiger partial charge in [-0.1, -0.05) is 0 Å². The molecule has 0 unspecified atom stereocenters. The second-order valence-corrected chi connectivity index (χ2v) is 5.90. The van der Waals surface area contributed by atoms with Crippen molar-refractivity contribution >= 4 is 23.4 Å². The fraction of sp³-hybridized carbons (Fsp3) is 0.353. The summed E-state index contributed by atoms with van der Waals surface area (Å²) in [4.78, 5) is 36.6. The molecule has 0 aromatic heterocycles. The van der Waals surface area contributed by atoms with E-state index >= 15 is 0 Å². The molecule has 126 valence electrons. The second-order valence-electron chi connectivity index (χ2n) is 5.90. The highest BCUT2D eigenvalue weighted by Crippen LogP contribution is 2.26. The number of benzene rings is 1. The van der Waals surface area contributed by atoms with Crippen LogP contribution in [0.15, 0.2) is 30.0 Å². The Bertz CT molecular complexity index is 737. The molecule has 0 radical (unpaired) electrons. The van der Waals surface area contributed by atoms with Crippen LogP contribution in [0.5, 0.6) is 5.75 Å². The van der Waals surface area contributed by atoms with Gasteiger partial charge in [-0.3, -0.25) is 19.3 Å². The first-order chi connectivity index (χ1) is 11.5. The lowest BCUT2D eigenvalue weighted by Crippen LogP contribution is -2.31. The van der Waals surface area contributed by atoms with E-state index in [1.165, 1.54) is 20.1 Å². The largest absolute Gasteiger partial charge is 0.496 e. The molecular formula is C17H19N3O4. The number of hydrogen-bond donors (Lipinski definition) is 2. The summed E-state index contributed by atoms with van der Waals surface area (Å²) >= 11 is 0. The molecule has 1 aliphatic heterocycles. The monoisotopic (exact) mass is 329 g/mol. The third-order valence-electron chi connectivity index (χ3n) is 3.93. The summed E-state index contributed by atoms with van der Waals surface area (Å²) in [6, 6.07) is 5.38. The number of ether oxygens (including phenoxy) is 1. The Morgan fingerprint density at radius 2 is 2.04 bits per heavy atom. The van der Waals surface area contributed by atoms with E-state index in [0.717, 1.165) is 17.7 Å². The van der Waals surface area contributed by atoms with Gasteiger partial charge in [0, 0.05) is 30.4 Å². The highest BCUT2D eigenvalue weighted by Gasteiger charge is 2.26. The zero-order valence-corrected chi connectivity index (χ0v) is 13.6. The van der Waals surface area contributed by atoms with Crippen LogP contribution in [0, 0.1) is 0 Å². The van der Waals surface area contributed by atoms with Gasteiger partial charge in [0.05, 0.1) is 19.2 Å². The summed E-state index contributed by atoms with van der Waals surface area (Å²) in [7, 11) is 1.51. The maximum Gasteiger partial charge on any atom is 0.255 e. The number of anilines is 1. The Morgan fingerprint density at radius 1 is 1.29 bits per heavy atom. The molecule has 1 saturated carbocycles. The van der Waals surface area contributed by atoms with Crippen molar-refractivity contribution in [2.24, 2.45) is 0 Å². The van der Waals surface area contributed by atoms with Crippen LogP contribution in [-0.4, -0.2) is 42.3 Å². The molecule has 2 N–H and O–H groups in total.